The average Bonchev–Trinajstić information content (AvgIpc) is 2.26. The van der Waals surface area contributed by atoms with Crippen LogP contribution in [-0.2, 0) is 0 Å². The van der Waals surface area contributed by atoms with E-state index in [1.807, 2.05) is 24.3 Å². The van der Waals surface area contributed by atoms with Gasteiger partial charge in [0.1, 0.15) is 5.75 Å². The van der Waals surface area contributed by atoms with Gasteiger partial charge in [-0.05, 0) is 23.6 Å². The van der Waals surface area contributed by atoms with Crippen LogP contribution in [0.4, 0.5) is 0 Å². The van der Waals surface area contributed by atoms with Crippen LogP contribution in [0.15, 0.2) is 29.8 Å². The van der Waals surface area contributed by atoms with Gasteiger partial charge in [-0.25, -0.2) is 0 Å². The molecule has 0 aliphatic heterocycles. The van der Waals surface area contributed by atoms with Crippen molar-refractivity contribution in [1.82, 2.24) is 0 Å². The predicted molar refractivity (Wildman–Crippen MR) is 64.9 cm³/mol. The van der Waals surface area contributed by atoms with Gasteiger partial charge in [-0.3, -0.25) is 0 Å². The summed E-state index contributed by atoms with van der Waals surface area (Å²) in [6, 6.07) is 7.99. The fourth-order valence-electron chi connectivity index (χ4n) is 1.38. The first-order chi connectivity index (χ1) is 7.17. The molecule has 1 aromatic carbocycles. The number of rotatable bonds is 4. The summed E-state index contributed by atoms with van der Waals surface area (Å²) in [5.41, 5.74) is 8.12. The lowest BCUT2D eigenvalue weighted by atomic mass is 10.0. The van der Waals surface area contributed by atoms with Gasteiger partial charge in [0.05, 0.1) is 7.11 Å². The summed E-state index contributed by atoms with van der Waals surface area (Å²) in [6.45, 7) is 4.92. The van der Waals surface area contributed by atoms with E-state index in [1.165, 1.54) is 11.1 Å². The first kappa shape index (κ1) is 11.8. The highest BCUT2D eigenvalue weighted by atomic mass is 16.5. The summed E-state index contributed by atoms with van der Waals surface area (Å²) in [5.74, 6) is 1.38. The van der Waals surface area contributed by atoms with Crippen molar-refractivity contribution in [2.75, 3.05) is 13.7 Å². The van der Waals surface area contributed by atoms with Crippen LogP contribution in [0.5, 0.6) is 5.75 Å². The van der Waals surface area contributed by atoms with Gasteiger partial charge in [0, 0.05) is 6.54 Å². The number of methoxy groups -OCH3 is 1. The fourth-order valence-corrected chi connectivity index (χ4v) is 1.38. The van der Waals surface area contributed by atoms with Crippen molar-refractivity contribution in [2.24, 2.45) is 11.7 Å². The van der Waals surface area contributed by atoms with Crippen LogP contribution in [0.25, 0.3) is 6.08 Å². The Labute approximate surface area is 91.7 Å². The maximum atomic E-state index is 5.68. The zero-order valence-corrected chi connectivity index (χ0v) is 9.66. The molecule has 1 rings (SSSR count). The van der Waals surface area contributed by atoms with Crippen molar-refractivity contribution in [1.29, 1.82) is 0 Å². The van der Waals surface area contributed by atoms with Crippen molar-refractivity contribution in [3.8, 4) is 5.75 Å². The summed E-state index contributed by atoms with van der Waals surface area (Å²) < 4.78 is 5.10. The van der Waals surface area contributed by atoms with Crippen LogP contribution < -0.4 is 10.5 Å². The summed E-state index contributed by atoms with van der Waals surface area (Å²) >= 11 is 0. The molecule has 0 bridgehead atoms. The third kappa shape index (κ3) is 3.40. The lowest BCUT2D eigenvalue weighted by Gasteiger charge is -2.08. The highest BCUT2D eigenvalue weighted by Crippen LogP contribution is 2.16. The van der Waals surface area contributed by atoms with Gasteiger partial charge >= 0.3 is 0 Å². The molecule has 1 aromatic rings. The van der Waals surface area contributed by atoms with Crippen LogP contribution in [0.3, 0.4) is 0 Å². The van der Waals surface area contributed by atoms with Gasteiger partial charge < -0.3 is 10.5 Å². The van der Waals surface area contributed by atoms with Crippen LogP contribution in [0.2, 0.25) is 0 Å². The minimum absolute atomic E-state index is 0.497. The summed E-state index contributed by atoms with van der Waals surface area (Å²) in [7, 11) is 1.67. The number of ether oxygens (including phenoxy) is 1. The van der Waals surface area contributed by atoms with E-state index in [2.05, 4.69) is 19.9 Å². The molecule has 2 heteroatoms. The predicted octanol–water partition coefficient (Wildman–Crippen LogP) is 2.69. The Balaban J connectivity index is 2.87. The van der Waals surface area contributed by atoms with E-state index in [-0.39, 0.29) is 0 Å². The van der Waals surface area contributed by atoms with Gasteiger partial charge in [0.15, 0.2) is 0 Å². The molecule has 15 heavy (non-hydrogen) atoms. The van der Waals surface area contributed by atoms with Gasteiger partial charge in [-0.15, -0.1) is 0 Å². The molecular formula is C13H19NO. The Morgan fingerprint density at radius 1 is 1.33 bits per heavy atom. The lowest BCUT2D eigenvalue weighted by Crippen LogP contribution is -2.08. The third-order valence-corrected chi connectivity index (χ3v) is 2.45. The minimum atomic E-state index is 0.497. The third-order valence-electron chi connectivity index (χ3n) is 2.45. The Bertz CT molecular complexity index is 325. The van der Waals surface area contributed by atoms with Gasteiger partial charge in [0.25, 0.3) is 0 Å². The maximum Gasteiger partial charge on any atom is 0.118 e. The first-order valence-corrected chi connectivity index (χ1v) is 5.22. The largest absolute Gasteiger partial charge is 0.497 e. The molecule has 0 saturated heterocycles. The topological polar surface area (TPSA) is 35.2 Å². The van der Waals surface area contributed by atoms with Crippen molar-refractivity contribution < 1.29 is 4.74 Å². The molecule has 0 aliphatic carbocycles. The number of hydrogen-bond donors (Lipinski definition) is 1. The lowest BCUT2D eigenvalue weighted by molar-refractivity contribution is 0.415. The molecule has 0 heterocycles. The van der Waals surface area contributed by atoms with E-state index in [0.717, 1.165) is 5.75 Å². The van der Waals surface area contributed by atoms with Crippen LogP contribution >= 0.6 is 0 Å². The van der Waals surface area contributed by atoms with Gasteiger partial charge in [-0.2, -0.15) is 0 Å². The van der Waals surface area contributed by atoms with E-state index in [9.17, 15) is 0 Å². The molecule has 0 aromatic heterocycles. The molecule has 0 atom stereocenters. The van der Waals surface area contributed by atoms with Crippen molar-refractivity contribution in [2.45, 2.75) is 13.8 Å². The maximum absolute atomic E-state index is 5.68. The van der Waals surface area contributed by atoms with Gasteiger partial charge in [0.2, 0.25) is 0 Å². The van der Waals surface area contributed by atoms with Crippen molar-refractivity contribution in [3.63, 3.8) is 0 Å². The van der Waals surface area contributed by atoms with Crippen LogP contribution in [0, 0.1) is 5.92 Å². The normalized spacial score (nSPS) is 11.9. The second-order valence-electron chi connectivity index (χ2n) is 3.85. The molecule has 0 radical (unpaired) electrons. The second kappa shape index (κ2) is 5.56. The van der Waals surface area contributed by atoms with Crippen molar-refractivity contribution >= 4 is 6.08 Å². The highest BCUT2D eigenvalue weighted by molar-refractivity contribution is 5.54. The van der Waals surface area contributed by atoms with E-state index < -0.39 is 0 Å². The monoisotopic (exact) mass is 205 g/mol. The Kier molecular flexibility index (Phi) is 4.37. The van der Waals surface area contributed by atoms with Crippen molar-refractivity contribution in [3.05, 3.63) is 35.4 Å². The minimum Gasteiger partial charge on any atom is -0.497 e. The SMILES string of the molecule is COc1ccc(C=C(CN)C(C)C)cc1. The average molecular weight is 205 g/mol. The molecular weight excluding hydrogens is 186 g/mol. The Hall–Kier alpha value is -1.28. The van der Waals surface area contributed by atoms with E-state index >= 15 is 0 Å². The Morgan fingerprint density at radius 2 is 1.93 bits per heavy atom. The quantitative estimate of drug-likeness (QED) is 0.820. The highest BCUT2D eigenvalue weighted by Gasteiger charge is 2.00. The number of hydrogen-bond acceptors (Lipinski definition) is 2. The molecule has 0 fully saturated rings. The molecule has 0 amide bonds. The molecule has 0 saturated carbocycles. The zero-order valence-electron chi connectivity index (χ0n) is 9.66. The molecule has 2 N–H and O–H groups in total. The molecule has 0 spiro atoms. The molecule has 0 aliphatic rings. The van der Waals surface area contributed by atoms with E-state index in [1.54, 1.807) is 7.11 Å². The fraction of sp³-hybridized carbons (Fsp3) is 0.385. The summed E-state index contributed by atoms with van der Waals surface area (Å²) in [4.78, 5) is 0. The Morgan fingerprint density at radius 3 is 2.33 bits per heavy atom. The van der Waals surface area contributed by atoms with Gasteiger partial charge in [-0.1, -0.05) is 37.6 Å². The number of nitrogens with two attached hydrogens (primary N) is 1. The summed E-state index contributed by atoms with van der Waals surface area (Å²) in [6.07, 6.45) is 2.14. The van der Waals surface area contributed by atoms with E-state index in [4.69, 9.17) is 10.5 Å². The molecule has 2 nitrogen and oxygen atoms in total. The summed E-state index contributed by atoms with van der Waals surface area (Å²) in [5, 5.41) is 0. The van der Waals surface area contributed by atoms with Crippen LogP contribution in [0.1, 0.15) is 19.4 Å². The smallest absolute Gasteiger partial charge is 0.118 e. The van der Waals surface area contributed by atoms with E-state index in [0.29, 0.717) is 12.5 Å². The molecule has 82 valence electrons. The standard InChI is InChI=1S/C13H19NO/c1-10(2)12(9-14)8-11-4-6-13(15-3)7-5-11/h4-8,10H,9,14H2,1-3H3. The second-order valence-corrected chi connectivity index (χ2v) is 3.85. The zero-order chi connectivity index (χ0) is 11.3. The molecule has 0 unspecified atom stereocenters. The van der Waals surface area contributed by atoms with Crippen LogP contribution in [-0.4, -0.2) is 13.7 Å². The first-order valence-electron chi connectivity index (χ1n) is 5.22. The number of benzene rings is 1.